The van der Waals surface area contributed by atoms with Crippen LogP contribution in [0.15, 0.2) is 53.4 Å². The van der Waals surface area contributed by atoms with E-state index < -0.39 is 0 Å². The van der Waals surface area contributed by atoms with Gasteiger partial charge in [0.2, 0.25) is 0 Å². The van der Waals surface area contributed by atoms with E-state index in [-0.39, 0.29) is 23.0 Å². The van der Waals surface area contributed by atoms with Gasteiger partial charge in [-0.15, -0.1) is 11.8 Å². The van der Waals surface area contributed by atoms with E-state index in [1.54, 1.807) is 18.2 Å². The fourth-order valence-electron chi connectivity index (χ4n) is 1.48. The number of benzene rings is 2. The Morgan fingerprint density at radius 3 is 2.44 bits per heavy atom. The molecule has 0 amide bonds. The molecule has 0 aliphatic heterocycles. The van der Waals surface area contributed by atoms with Gasteiger partial charge in [0.25, 0.3) is 0 Å². The summed E-state index contributed by atoms with van der Waals surface area (Å²) in [5, 5.41) is 18.7. The standard InChI is InChI=1S/C14H12O3S/c15-11-6-7-14(12(16)8-11)18-9-13(17)10-4-2-1-3-5-10/h1-8,15-16H,9H2. The number of phenols is 2. The van der Waals surface area contributed by atoms with Crippen LogP contribution in [0.5, 0.6) is 11.5 Å². The van der Waals surface area contributed by atoms with Gasteiger partial charge in [-0.2, -0.15) is 0 Å². The molecule has 0 atom stereocenters. The van der Waals surface area contributed by atoms with Gasteiger partial charge in [-0.3, -0.25) is 4.79 Å². The Hall–Kier alpha value is -1.94. The van der Waals surface area contributed by atoms with Crippen molar-refractivity contribution in [2.45, 2.75) is 4.90 Å². The van der Waals surface area contributed by atoms with Gasteiger partial charge in [0, 0.05) is 16.5 Å². The van der Waals surface area contributed by atoms with E-state index in [4.69, 9.17) is 5.11 Å². The number of carbonyl (C=O) groups is 1. The van der Waals surface area contributed by atoms with E-state index in [0.717, 1.165) is 0 Å². The Balaban J connectivity index is 2.02. The van der Waals surface area contributed by atoms with E-state index in [1.165, 1.54) is 23.9 Å². The number of ketones is 1. The van der Waals surface area contributed by atoms with Crippen LogP contribution >= 0.6 is 11.8 Å². The number of hydrogen-bond donors (Lipinski definition) is 2. The number of hydrogen-bond acceptors (Lipinski definition) is 4. The second-order valence-corrected chi connectivity index (χ2v) is 4.75. The quantitative estimate of drug-likeness (QED) is 0.655. The minimum atomic E-state index is -0.0131. The minimum absolute atomic E-state index is 0.00577. The lowest BCUT2D eigenvalue weighted by molar-refractivity contribution is 0.102. The zero-order chi connectivity index (χ0) is 13.0. The SMILES string of the molecule is O=C(CSc1ccc(O)cc1O)c1ccccc1. The van der Waals surface area contributed by atoms with Crippen LogP contribution in [-0.2, 0) is 0 Å². The number of rotatable bonds is 4. The third kappa shape index (κ3) is 3.05. The Morgan fingerprint density at radius 1 is 1.06 bits per heavy atom. The molecule has 0 radical (unpaired) electrons. The van der Waals surface area contributed by atoms with Crippen LogP contribution in [0.3, 0.4) is 0 Å². The number of phenolic OH excluding ortho intramolecular Hbond substituents is 2. The summed E-state index contributed by atoms with van der Waals surface area (Å²) in [6.07, 6.45) is 0. The molecule has 0 aliphatic rings. The molecule has 18 heavy (non-hydrogen) atoms. The lowest BCUT2D eigenvalue weighted by Crippen LogP contribution is -2.01. The normalized spacial score (nSPS) is 10.2. The van der Waals surface area contributed by atoms with Crippen LogP contribution in [-0.4, -0.2) is 21.7 Å². The molecule has 0 spiro atoms. The van der Waals surface area contributed by atoms with E-state index >= 15 is 0 Å². The van der Waals surface area contributed by atoms with Crippen LogP contribution < -0.4 is 0 Å². The largest absolute Gasteiger partial charge is 0.508 e. The summed E-state index contributed by atoms with van der Waals surface area (Å²) in [4.78, 5) is 12.4. The van der Waals surface area contributed by atoms with Gasteiger partial charge in [0.1, 0.15) is 11.5 Å². The lowest BCUT2D eigenvalue weighted by atomic mass is 10.2. The van der Waals surface area contributed by atoms with Gasteiger partial charge < -0.3 is 10.2 Å². The smallest absolute Gasteiger partial charge is 0.173 e. The summed E-state index contributed by atoms with van der Waals surface area (Å²) in [6.45, 7) is 0. The van der Waals surface area contributed by atoms with Gasteiger partial charge in [-0.1, -0.05) is 30.3 Å². The summed E-state index contributed by atoms with van der Waals surface area (Å²) in [7, 11) is 0. The highest BCUT2D eigenvalue weighted by molar-refractivity contribution is 8.00. The highest BCUT2D eigenvalue weighted by Gasteiger charge is 2.08. The van der Waals surface area contributed by atoms with Crippen molar-refractivity contribution in [1.82, 2.24) is 0 Å². The van der Waals surface area contributed by atoms with Crippen molar-refractivity contribution in [3.8, 4) is 11.5 Å². The Bertz CT molecular complexity index is 552. The van der Waals surface area contributed by atoms with Gasteiger partial charge in [0.05, 0.1) is 5.75 Å². The number of Topliss-reactive ketones (excluding diaryl/α,β-unsaturated/α-hetero) is 1. The molecule has 0 bridgehead atoms. The Morgan fingerprint density at radius 2 is 1.78 bits per heavy atom. The molecule has 2 aromatic carbocycles. The summed E-state index contributed by atoms with van der Waals surface area (Å²) >= 11 is 1.25. The highest BCUT2D eigenvalue weighted by atomic mass is 32.2. The van der Waals surface area contributed by atoms with Crippen LogP contribution in [0.4, 0.5) is 0 Å². The van der Waals surface area contributed by atoms with Crippen molar-refractivity contribution in [1.29, 1.82) is 0 Å². The van der Waals surface area contributed by atoms with Crippen molar-refractivity contribution in [2.24, 2.45) is 0 Å². The molecule has 0 unspecified atom stereocenters. The first kappa shape index (κ1) is 12.5. The molecule has 0 aromatic heterocycles. The Kier molecular flexibility index (Phi) is 3.89. The third-order valence-corrected chi connectivity index (χ3v) is 3.46. The predicted molar refractivity (Wildman–Crippen MR) is 71.3 cm³/mol. The molecule has 2 N–H and O–H groups in total. The third-order valence-electron chi connectivity index (χ3n) is 2.40. The first-order valence-electron chi connectivity index (χ1n) is 5.40. The number of thioether (sulfide) groups is 1. The van der Waals surface area contributed by atoms with E-state index in [0.29, 0.717) is 10.5 Å². The summed E-state index contributed by atoms with van der Waals surface area (Å²) in [5.74, 6) is 0.252. The molecule has 2 rings (SSSR count). The topological polar surface area (TPSA) is 57.5 Å². The van der Waals surface area contributed by atoms with Gasteiger partial charge in [-0.25, -0.2) is 0 Å². The average molecular weight is 260 g/mol. The molecule has 0 fully saturated rings. The molecule has 2 aromatic rings. The van der Waals surface area contributed by atoms with E-state index in [2.05, 4.69) is 0 Å². The van der Waals surface area contributed by atoms with Crippen LogP contribution in [0, 0.1) is 0 Å². The minimum Gasteiger partial charge on any atom is -0.508 e. The second kappa shape index (κ2) is 5.60. The number of carbonyl (C=O) groups excluding carboxylic acids is 1. The molecular weight excluding hydrogens is 248 g/mol. The maximum absolute atomic E-state index is 11.8. The average Bonchev–Trinajstić information content (AvgIpc) is 2.38. The number of aromatic hydroxyl groups is 2. The molecular formula is C14H12O3S. The first-order chi connectivity index (χ1) is 8.66. The zero-order valence-corrected chi connectivity index (χ0v) is 10.4. The first-order valence-corrected chi connectivity index (χ1v) is 6.38. The molecule has 0 aliphatic carbocycles. The highest BCUT2D eigenvalue weighted by Crippen LogP contribution is 2.31. The molecule has 0 saturated heterocycles. The van der Waals surface area contributed by atoms with Gasteiger partial charge >= 0.3 is 0 Å². The molecule has 3 nitrogen and oxygen atoms in total. The van der Waals surface area contributed by atoms with Crippen molar-refractivity contribution < 1.29 is 15.0 Å². The van der Waals surface area contributed by atoms with Crippen molar-refractivity contribution in [2.75, 3.05) is 5.75 Å². The van der Waals surface area contributed by atoms with Crippen molar-refractivity contribution in [3.05, 3.63) is 54.1 Å². The van der Waals surface area contributed by atoms with E-state index in [1.807, 2.05) is 18.2 Å². The second-order valence-electron chi connectivity index (χ2n) is 3.73. The van der Waals surface area contributed by atoms with Gasteiger partial charge in [-0.05, 0) is 12.1 Å². The molecule has 0 heterocycles. The maximum atomic E-state index is 11.8. The Labute approximate surface area is 109 Å². The van der Waals surface area contributed by atoms with E-state index in [9.17, 15) is 9.90 Å². The van der Waals surface area contributed by atoms with Crippen LogP contribution in [0.2, 0.25) is 0 Å². The molecule has 92 valence electrons. The summed E-state index contributed by atoms with van der Waals surface area (Å²) in [6, 6.07) is 13.3. The lowest BCUT2D eigenvalue weighted by Gasteiger charge is -2.04. The monoisotopic (exact) mass is 260 g/mol. The summed E-state index contributed by atoms with van der Waals surface area (Å²) < 4.78 is 0. The summed E-state index contributed by atoms with van der Waals surface area (Å²) in [5.41, 5.74) is 0.656. The fourth-order valence-corrected chi connectivity index (χ4v) is 2.30. The van der Waals surface area contributed by atoms with Crippen LogP contribution in [0.25, 0.3) is 0 Å². The molecule has 4 heteroatoms. The maximum Gasteiger partial charge on any atom is 0.173 e. The van der Waals surface area contributed by atoms with Crippen LogP contribution in [0.1, 0.15) is 10.4 Å². The zero-order valence-electron chi connectivity index (χ0n) is 9.54. The van der Waals surface area contributed by atoms with Crippen molar-refractivity contribution >= 4 is 17.5 Å². The fraction of sp³-hybridized carbons (Fsp3) is 0.0714. The van der Waals surface area contributed by atoms with Gasteiger partial charge in [0.15, 0.2) is 5.78 Å². The predicted octanol–water partition coefficient (Wildman–Crippen LogP) is 3.07. The molecule has 0 saturated carbocycles. The van der Waals surface area contributed by atoms with Crippen molar-refractivity contribution in [3.63, 3.8) is 0 Å².